The van der Waals surface area contributed by atoms with E-state index >= 15 is 0 Å². The van der Waals surface area contributed by atoms with E-state index in [1.807, 2.05) is 0 Å². The second-order valence-corrected chi connectivity index (χ2v) is 6.58. The number of rotatable bonds is 3. The first-order chi connectivity index (χ1) is 3.63. The van der Waals surface area contributed by atoms with Crippen molar-refractivity contribution in [2.45, 2.75) is 6.42 Å². The average molecular weight is 170 g/mol. The van der Waals surface area contributed by atoms with Gasteiger partial charge in [0.25, 0.3) is 0 Å². The highest BCUT2D eigenvalue weighted by molar-refractivity contribution is 8.56. The molecule has 2 nitrogen and oxygen atoms in total. The third-order valence-electron chi connectivity index (χ3n) is 0.553. The minimum absolute atomic E-state index is 0.168. The molecule has 0 aliphatic rings. The van der Waals surface area contributed by atoms with Crippen molar-refractivity contribution in [2.24, 2.45) is 0 Å². The lowest BCUT2D eigenvalue weighted by atomic mass is 10.5. The summed E-state index contributed by atoms with van der Waals surface area (Å²) in [6, 6.07) is 0. The highest BCUT2D eigenvalue weighted by Crippen LogP contribution is 2.26. The van der Waals surface area contributed by atoms with Gasteiger partial charge in [0.15, 0.2) is 0 Å². The molecule has 1 atom stereocenters. The number of hydrogen-bond donors (Lipinski definition) is 2. The zero-order chi connectivity index (χ0) is 6.57. The maximum absolute atomic E-state index is 9.84. The van der Waals surface area contributed by atoms with Crippen molar-refractivity contribution >= 4 is 35.9 Å². The second-order valence-electron chi connectivity index (χ2n) is 1.29. The van der Waals surface area contributed by atoms with Crippen molar-refractivity contribution in [3.05, 3.63) is 0 Å². The number of carboxylic acid groups (broad SMARTS) is 1. The van der Waals surface area contributed by atoms with Gasteiger partial charge in [-0.3, -0.25) is 4.79 Å². The van der Waals surface area contributed by atoms with E-state index in [1.165, 1.54) is 0 Å². The summed E-state index contributed by atoms with van der Waals surface area (Å²) in [4.78, 5) is 9.84. The fourth-order valence-electron chi connectivity index (χ4n) is 0.214. The van der Waals surface area contributed by atoms with Crippen molar-refractivity contribution in [2.75, 3.05) is 6.16 Å². The monoisotopic (exact) mass is 170 g/mol. The lowest BCUT2D eigenvalue weighted by Crippen LogP contribution is -1.94. The zero-order valence-electron chi connectivity index (χ0n) is 4.13. The van der Waals surface area contributed by atoms with Crippen LogP contribution in [0.5, 0.6) is 0 Å². The van der Waals surface area contributed by atoms with Crippen LogP contribution < -0.4 is 0 Å². The molecule has 0 bridgehead atoms. The summed E-state index contributed by atoms with van der Waals surface area (Å²) in [5.41, 5.74) is 0. The number of carboxylic acids is 1. The molecule has 0 aromatic carbocycles. The quantitative estimate of drug-likeness (QED) is 0.489. The molecule has 1 N–H and O–H groups in total. The zero-order valence-corrected chi connectivity index (χ0v) is 6.84. The van der Waals surface area contributed by atoms with Crippen LogP contribution >= 0.6 is 18.1 Å². The first-order valence-electron chi connectivity index (χ1n) is 2.06. The predicted molar refractivity (Wildman–Crippen MR) is 41.8 cm³/mol. The molecule has 0 amide bonds. The van der Waals surface area contributed by atoms with E-state index in [2.05, 4.69) is 12.2 Å². The van der Waals surface area contributed by atoms with E-state index in [-0.39, 0.29) is 6.42 Å². The van der Waals surface area contributed by atoms with Crippen LogP contribution in [0.15, 0.2) is 0 Å². The van der Waals surface area contributed by atoms with Gasteiger partial charge in [0.1, 0.15) is 0 Å². The molecule has 0 fully saturated rings. The molecule has 48 valence electrons. The normalized spacial score (nSPS) is 13.1. The second kappa shape index (κ2) is 4.36. The standard InChI is InChI=1S/C3H7O2PS2/c4-3(5)1-2-6(7)8/h6H,1-2H2,(H,4,5)(H,7,8). The summed E-state index contributed by atoms with van der Waals surface area (Å²) in [5.74, 6) is -1.82. The minimum Gasteiger partial charge on any atom is -0.481 e. The molecule has 0 aromatic heterocycles. The highest BCUT2D eigenvalue weighted by atomic mass is 32.9. The van der Waals surface area contributed by atoms with Crippen LogP contribution in [0.25, 0.3) is 0 Å². The Bertz CT molecular complexity index is 99.9. The molecule has 0 rings (SSSR count). The van der Waals surface area contributed by atoms with Crippen LogP contribution in [0.3, 0.4) is 0 Å². The van der Waals surface area contributed by atoms with Gasteiger partial charge in [-0.1, -0.05) is 11.8 Å². The van der Waals surface area contributed by atoms with Gasteiger partial charge in [0, 0.05) is 0 Å². The maximum atomic E-state index is 9.84. The van der Waals surface area contributed by atoms with E-state index in [1.54, 1.807) is 0 Å². The fourth-order valence-corrected chi connectivity index (χ4v) is 1.28. The third kappa shape index (κ3) is 6.47. The Labute approximate surface area is 58.9 Å². The minimum atomic E-state index is -1.03. The Morgan fingerprint density at radius 2 is 2.38 bits per heavy atom. The van der Waals surface area contributed by atoms with Crippen LogP contribution in [-0.4, -0.2) is 17.2 Å². The van der Waals surface area contributed by atoms with Crippen molar-refractivity contribution in [1.82, 2.24) is 0 Å². The fraction of sp³-hybridized carbons (Fsp3) is 0.667. The lowest BCUT2D eigenvalue weighted by molar-refractivity contribution is -0.136. The van der Waals surface area contributed by atoms with Crippen LogP contribution in [0.2, 0.25) is 0 Å². The molecule has 0 aliphatic carbocycles. The number of carbonyl (C=O) groups is 1. The lowest BCUT2D eigenvalue weighted by Gasteiger charge is -1.89. The Balaban J connectivity index is 3.18. The van der Waals surface area contributed by atoms with Crippen molar-refractivity contribution in [3.63, 3.8) is 0 Å². The van der Waals surface area contributed by atoms with E-state index in [4.69, 9.17) is 16.9 Å². The summed E-state index contributed by atoms with van der Waals surface area (Å²) >= 11 is 8.63. The molecule has 5 heteroatoms. The maximum Gasteiger partial charge on any atom is 0.303 e. The van der Waals surface area contributed by atoms with Gasteiger partial charge >= 0.3 is 5.97 Å². The Kier molecular flexibility index (Phi) is 4.61. The average Bonchev–Trinajstić information content (AvgIpc) is 1.61. The Morgan fingerprint density at radius 1 is 1.88 bits per heavy atom. The Hall–Kier alpha value is 0.470. The van der Waals surface area contributed by atoms with Crippen LogP contribution in [0, 0.1) is 0 Å². The van der Waals surface area contributed by atoms with E-state index in [9.17, 15) is 4.79 Å². The molecule has 0 heterocycles. The van der Waals surface area contributed by atoms with Crippen molar-refractivity contribution < 1.29 is 9.90 Å². The smallest absolute Gasteiger partial charge is 0.303 e. The number of thiol groups is 1. The molecular weight excluding hydrogens is 163 g/mol. The Morgan fingerprint density at radius 3 is 2.50 bits per heavy atom. The molecule has 0 radical (unpaired) electrons. The SMILES string of the molecule is O=C(O)CC[PH](=S)S. The highest BCUT2D eigenvalue weighted by Gasteiger charge is 1.94. The number of hydrogen-bond acceptors (Lipinski definition) is 2. The van der Waals surface area contributed by atoms with Gasteiger partial charge in [-0.15, -0.1) is 12.2 Å². The van der Waals surface area contributed by atoms with Crippen molar-refractivity contribution in [1.29, 1.82) is 0 Å². The molecule has 0 saturated heterocycles. The van der Waals surface area contributed by atoms with Gasteiger partial charge in [0.05, 0.1) is 6.42 Å². The van der Waals surface area contributed by atoms with Crippen LogP contribution in [0.4, 0.5) is 0 Å². The molecule has 0 aromatic rings. The van der Waals surface area contributed by atoms with Crippen LogP contribution in [0.1, 0.15) is 6.42 Å². The summed E-state index contributed by atoms with van der Waals surface area (Å²) in [5, 5.41) is 8.10. The molecule has 1 unspecified atom stereocenters. The molecule has 0 saturated carbocycles. The predicted octanol–water partition coefficient (Wildman–Crippen LogP) is 0.982. The molecule has 0 aliphatic heterocycles. The first-order valence-corrected chi connectivity index (χ1v) is 6.19. The number of aliphatic carboxylic acids is 1. The van der Waals surface area contributed by atoms with Crippen molar-refractivity contribution in [3.8, 4) is 0 Å². The van der Waals surface area contributed by atoms with Gasteiger partial charge < -0.3 is 5.11 Å². The topological polar surface area (TPSA) is 37.3 Å². The van der Waals surface area contributed by atoms with Gasteiger partial charge in [-0.2, -0.15) is 0 Å². The summed E-state index contributed by atoms with van der Waals surface area (Å²) < 4.78 is 0. The van der Waals surface area contributed by atoms with Gasteiger partial charge in [0.2, 0.25) is 0 Å². The van der Waals surface area contributed by atoms with E-state index in [0.717, 1.165) is 0 Å². The van der Waals surface area contributed by atoms with E-state index in [0.29, 0.717) is 6.16 Å². The van der Waals surface area contributed by atoms with Crippen LogP contribution in [-0.2, 0) is 16.6 Å². The van der Waals surface area contributed by atoms with Gasteiger partial charge in [-0.05, 0) is 12.1 Å². The molecule has 8 heavy (non-hydrogen) atoms. The summed E-state index contributed by atoms with van der Waals surface area (Å²) in [6.45, 7) is 0. The molecule has 0 spiro atoms. The summed E-state index contributed by atoms with van der Waals surface area (Å²) in [7, 11) is 0. The summed E-state index contributed by atoms with van der Waals surface area (Å²) in [6.07, 6.45) is 0.736. The van der Waals surface area contributed by atoms with E-state index < -0.39 is 11.9 Å². The molecular formula is C3H7O2PS2. The first kappa shape index (κ1) is 8.47. The van der Waals surface area contributed by atoms with Gasteiger partial charge in [-0.25, -0.2) is 0 Å². The third-order valence-corrected chi connectivity index (χ3v) is 2.51. The largest absolute Gasteiger partial charge is 0.481 e.